The summed E-state index contributed by atoms with van der Waals surface area (Å²) in [5.41, 5.74) is 1.04. The highest BCUT2D eigenvalue weighted by Crippen LogP contribution is 2.21. The van der Waals surface area contributed by atoms with Crippen LogP contribution in [0.4, 0.5) is 0 Å². The van der Waals surface area contributed by atoms with Gasteiger partial charge in [-0.3, -0.25) is 4.79 Å². The van der Waals surface area contributed by atoms with E-state index in [0.717, 1.165) is 10.6 Å². The van der Waals surface area contributed by atoms with Crippen molar-refractivity contribution in [2.24, 2.45) is 0 Å². The number of carbonyl (C=O) groups excluding carboxylic acids is 1. The molecule has 0 unspecified atom stereocenters. The van der Waals surface area contributed by atoms with Gasteiger partial charge in [0.15, 0.2) is 0 Å². The number of aryl methyl sites for hydroxylation is 1. The Labute approximate surface area is 145 Å². The van der Waals surface area contributed by atoms with E-state index in [9.17, 15) is 4.79 Å². The summed E-state index contributed by atoms with van der Waals surface area (Å²) < 4.78 is 5.46. The van der Waals surface area contributed by atoms with E-state index < -0.39 is 0 Å². The molecule has 0 bridgehead atoms. The molecule has 2 aromatic rings. The van der Waals surface area contributed by atoms with Gasteiger partial charge in [-0.1, -0.05) is 36.7 Å². The number of carbonyl (C=O) groups is 1. The third-order valence-corrected chi connectivity index (χ3v) is 4.65. The van der Waals surface area contributed by atoms with Crippen LogP contribution in [0.3, 0.4) is 0 Å². The van der Waals surface area contributed by atoms with Gasteiger partial charge in [0.1, 0.15) is 0 Å². The molecule has 7 heteroatoms. The van der Waals surface area contributed by atoms with Crippen LogP contribution in [0.2, 0.25) is 5.02 Å². The van der Waals surface area contributed by atoms with E-state index in [0.29, 0.717) is 42.8 Å². The van der Waals surface area contributed by atoms with Gasteiger partial charge in [-0.25, -0.2) is 0 Å². The smallest absolute Gasteiger partial charge is 0.235 e. The van der Waals surface area contributed by atoms with Crippen LogP contribution in [0.25, 0.3) is 0 Å². The molecule has 1 aromatic heterocycles. The zero-order valence-corrected chi connectivity index (χ0v) is 14.9. The summed E-state index contributed by atoms with van der Waals surface area (Å²) in [4.78, 5) is 14.0. The van der Waals surface area contributed by atoms with E-state index in [-0.39, 0.29) is 5.91 Å². The molecule has 0 spiro atoms. The molecule has 1 heterocycles. The fourth-order valence-electron chi connectivity index (χ4n) is 1.99. The predicted molar refractivity (Wildman–Crippen MR) is 92.4 cm³/mol. The Balaban J connectivity index is 1.84. The van der Waals surface area contributed by atoms with E-state index in [1.54, 1.807) is 16.7 Å². The average molecular weight is 354 g/mol. The highest BCUT2D eigenvalue weighted by atomic mass is 35.5. The summed E-state index contributed by atoms with van der Waals surface area (Å²) in [6.07, 6.45) is 0.695. The number of aromatic nitrogens is 2. The van der Waals surface area contributed by atoms with Crippen LogP contribution in [0.1, 0.15) is 31.2 Å². The SMILES string of the molecule is CCc1nnc(CN(CC)C(=O)CSCc2ccccc2Cl)o1. The predicted octanol–water partition coefficient (Wildman–Crippen LogP) is 3.57. The van der Waals surface area contributed by atoms with Crippen LogP contribution >= 0.6 is 23.4 Å². The van der Waals surface area contributed by atoms with Crippen molar-refractivity contribution in [1.82, 2.24) is 15.1 Å². The maximum atomic E-state index is 12.3. The number of hydrogen-bond acceptors (Lipinski definition) is 5. The molecule has 5 nitrogen and oxygen atoms in total. The van der Waals surface area contributed by atoms with Gasteiger partial charge in [0.2, 0.25) is 17.7 Å². The third kappa shape index (κ3) is 5.25. The summed E-state index contributed by atoms with van der Waals surface area (Å²) in [6, 6.07) is 7.68. The van der Waals surface area contributed by atoms with E-state index in [1.807, 2.05) is 38.1 Å². The molecule has 2 rings (SSSR count). The second kappa shape index (κ2) is 8.93. The Kier molecular flexibility index (Phi) is 6.92. The summed E-state index contributed by atoms with van der Waals surface area (Å²) in [5, 5.41) is 8.61. The van der Waals surface area contributed by atoms with Crippen molar-refractivity contribution < 1.29 is 9.21 Å². The Morgan fingerprint density at radius 1 is 1.26 bits per heavy atom. The number of thioether (sulfide) groups is 1. The van der Waals surface area contributed by atoms with Gasteiger partial charge in [0.05, 0.1) is 12.3 Å². The maximum absolute atomic E-state index is 12.3. The molecule has 0 saturated carbocycles. The van der Waals surface area contributed by atoms with Crippen LogP contribution in [-0.2, 0) is 23.5 Å². The highest BCUT2D eigenvalue weighted by molar-refractivity contribution is 7.99. The Morgan fingerprint density at radius 2 is 2.00 bits per heavy atom. The zero-order chi connectivity index (χ0) is 16.7. The molecule has 0 saturated heterocycles. The van der Waals surface area contributed by atoms with Gasteiger partial charge in [0.25, 0.3) is 0 Å². The first-order chi connectivity index (χ1) is 11.1. The van der Waals surface area contributed by atoms with Crippen molar-refractivity contribution in [3.63, 3.8) is 0 Å². The lowest BCUT2D eigenvalue weighted by molar-refractivity contribution is -0.129. The van der Waals surface area contributed by atoms with E-state index >= 15 is 0 Å². The van der Waals surface area contributed by atoms with E-state index in [2.05, 4.69) is 10.2 Å². The minimum Gasteiger partial charge on any atom is -0.423 e. The lowest BCUT2D eigenvalue weighted by Gasteiger charge is -2.18. The molecule has 0 atom stereocenters. The van der Waals surface area contributed by atoms with Crippen molar-refractivity contribution in [3.05, 3.63) is 46.6 Å². The molecule has 124 valence electrons. The Bertz CT molecular complexity index is 648. The standard InChI is InChI=1S/C16H20ClN3O2S/c1-3-14-18-19-15(22-14)9-20(4-2)16(21)11-23-10-12-7-5-6-8-13(12)17/h5-8H,3-4,9-11H2,1-2H3. The summed E-state index contributed by atoms with van der Waals surface area (Å²) in [7, 11) is 0. The van der Waals surface area contributed by atoms with Crippen molar-refractivity contribution in [2.75, 3.05) is 12.3 Å². The number of benzene rings is 1. The Morgan fingerprint density at radius 3 is 2.65 bits per heavy atom. The van der Waals surface area contributed by atoms with Gasteiger partial charge in [-0.05, 0) is 18.6 Å². The van der Waals surface area contributed by atoms with E-state index in [1.165, 1.54) is 0 Å². The van der Waals surface area contributed by atoms with Gasteiger partial charge in [-0.15, -0.1) is 22.0 Å². The number of nitrogens with zero attached hydrogens (tertiary/aromatic N) is 3. The molecule has 0 aliphatic heterocycles. The first kappa shape index (κ1) is 17.8. The van der Waals surface area contributed by atoms with Gasteiger partial charge in [-0.2, -0.15) is 0 Å². The van der Waals surface area contributed by atoms with Gasteiger partial charge < -0.3 is 9.32 Å². The van der Waals surface area contributed by atoms with E-state index in [4.69, 9.17) is 16.0 Å². The van der Waals surface area contributed by atoms with Crippen molar-refractivity contribution in [3.8, 4) is 0 Å². The molecule has 0 N–H and O–H groups in total. The second-order valence-corrected chi connectivity index (χ2v) is 6.33. The van der Waals surface area contributed by atoms with Crippen molar-refractivity contribution in [2.45, 2.75) is 32.6 Å². The monoisotopic (exact) mass is 353 g/mol. The lowest BCUT2D eigenvalue weighted by Crippen LogP contribution is -2.31. The van der Waals surface area contributed by atoms with Crippen LogP contribution in [0.15, 0.2) is 28.7 Å². The number of halogens is 1. The molecule has 0 aliphatic carbocycles. The fraction of sp³-hybridized carbons (Fsp3) is 0.438. The molecule has 23 heavy (non-hydrogen) atoms. The number of hydrogen-bond donors (Lipinski definition) is 0. The van der Waals surface area contributed by atoms with Gasteiger partial charge >= 0.3 is 0 Å². The fourth-order valence-corrected chi connectivity index (χ4v) is 3.20. The van der Waals surface area contributed by atoms with Crippen molar-refractivity contribution in [1.29, 1.82) is 0 Å². The first-order valence-corrected chi connectivity index (χ1v) is 9.07. The highest BCUT2D eigenvalue weighted by Gasteiger charge is 2.16. The second-order valence-electron chi connectivity index (χ2n) is 4.94. The summed E-state index contributed by atoms with van der Waals surface area (Å²) in [6.45, 7) is 4.85. The largest absolute Gasteiger partial charge is 0.423 e. The molecular weight excluding hydrogens is 334 g/mol. The topological polar surface area (TPSA) is 59.2 Å². The first-order valence-electron chi connectivity index (χ1n) is 7.54. The van der Waals surface area contributed by atoms with Crippen molar-refractivity contribution >= 4 is 29.3 Å². The quantitative estimate of drug-likeness (QED) is 0.726. The number of rotatable bonds is 8. The molecule has 1 aromatic carbocycles. The maximum Gasteiger partial charge on any atom is 0.235 e. The summed E-state index contributed by atoms with van der Waals surface area (Å²) in [5.74, 6) is 2.24. The normalized spacial score (nSPS) is 10.7. The number of amides is 1. The third-order valence-electron chi connectivity index (χ3n) is 3.31. The molecule has 0 radical (unpaired) electrons. The average Bonchev–Trinajstić information content (AvgIpc) is 3.02. The van der Waals surface area contributed by atoms with Crippen LogP contribution in [-0.4, -0.2) is 33.3 Å². The van der Waals surface area contributed by atoms with Crippen LogP contribution < -0.4 is 0 Å². The molecular formula is C16H20ClN3O2S. The summed E-state index contributed by atoms with van der Waals surface area (Å²) >= 11 is 7.67. The van der Waals surface area contributed by atoms with Crippen LogP contribution in [0.5, 0.6) is 0 Å². The van der Waals surface area contributed by atoms with Gasteiger partial charge in [0, 0.05) is 23.7 Å². The minimum absolute atomic E-state index is 0.0563. The molecule has 0 aliphatic rings. The Hall–Kier alpha value is -1.53. The minimum atomic E-state index is 0.0563. The zero-order valence-electron chi connectivity index (χ0n) is 13.3. The van der Waals surface area contributed by atoms with Crippen LogP contribution in [0, 0.1) is 0 Å². The molecule has 1 amide bonds. The lowest BCUT2D eigenvalue weighted by atomic mass is 10.2. The molecule has 0 fully saturated rings.